The van der Waals surface area contributed by atoms with Crippen molar-refractivity contribution in [2.45, 2.75) is 64.0 Å². The van der Waals surface area contributed by atoms with Gasteiger partial charge in [-0.25, -0.2) is 4.39 Å². The van der Waals surface area contributed by atoms with Gasteiger partial charge in [0, 0.05) is 12.1 Å². The SMILES string of the molecule is CCC1CCC(N(C(=O)c2ccc(F)cc2Cl)C2CC2)CC1. The Kier molecular flexibility index (Phi) is 4.72. The summed E-state index contributed by atoms with van der Waals surface area (Å²) in [4.78, 5) is 15.0. The van der Waals surface area contributed by atoms with Crippen LogP contribution >= 0.6 is 11.6 Å². The van der Waals surface area contributed by atoms with Gasteiger partial charge in [0.1, 0.15) is 5.82 Å². The standard InChI is InChI=1S/C18H23ClFNO/c1-2-12-3-6-14(7-4-12)21(15-8-9-15)18(22)16-10-5-13(20)11-17(16)19/h5,10-12,14-15H,2-4,6-9H2,1H3. The van der Waals surface area contributed by atoms with Crippen LogP contribution in [0.3, 0.4) is 0 Å². The molecule has 2 aliphatic carbocycles. The molecule has 0 saturated heterocycles. The van der Waals surface area contributed by atoms with Crippen LogP contribution < -0.4 is 0 Å². The highest BCUT2D eigenvalue weighted by molar-refractivity contribution is 6.33. The van der Waals surface area contributed by atoms with Gasteiger partial charge in [0.05, 0.1) is 10.6 Å². The molecule has 1 aromatic rings. The maximum Gasteiger partial charge on any atom is 0.255 e. The first kappa shape index (κ1) is 15.8. The van der Waals surface area contributed by atoms with E-state index in [0.29, 0.717) is 17.6 Å². The Balaban J connectivity index is 1.78. The number of carbonyl (C=O) groups excluding carboxylic acids is 1. The van der Waals surface area contributed by atoms with E-state index in [1.54, 1.807) is 0 Å². The highest BCUT2D eigenvalue weighted by Gasteiger charge is 2.39. The van der Waals surface area contributed by atoms with Crippen LogP contribution in [0.25, 0.3) is 0 Å². The second-order valence-electron chi connectivity index (χ2n) is 6.65. The molecule has 0 radical (unpaired) electrons. The highest BCUT2D eigenvalue weighted by atomic mass is 35.5. The molecule has 0 N–H and O–H groups in total. The van der Waals surface area contributed by atoms with Crippen molar-refractivity contribution < 1.29 is 9.18 Å². The predicted molar refractivity (Wildman–Crippen MR) is 86.6 cm³/mol. The summed E-state index contributed by atoms with van der Waals surface area (Å²) in [7, 11) is 0. The Labute approximate surface area is 136 Å². The second-order valence-corrected chi connectivity index (χ2v) is 7.06. The largest absolute Gasteiger partial charge is 0.333 e. The van der Waals surface area contributed by atoms with E-state index in [1.807, 2.05) is 4.90 Å². The smallest absolute Gasteiger partial charge is 0.255 e. The van der Waals surface area contributed by atoms with Gasteiger partial charge in [-0.05, 0) is 62.6 Å². The molecule has 0 heterocycles. The molecule has 2 fully saturated rings. The normalized spacial score (nSPS) is 25.0. The lowest BCUT2D eigenvalue weighted by Gasteiger charge is -2.37. The summed E-state index contributed by atoms with van der Waals surface area (Å²) in [5.41, 5.74) is 0.438. The van der Waals surface area contributed by atoms with E-state index in [2.05, 4.69) is 6.92 Å². The maximum atomic E-state index is 13.2. The molecule has 2 nitrogen and oxygen atoms in total. The topological polar surface area (TPSA) is 20.3 Å². The summed E-state index contributed by atoms with van der Waals surface area (Å²) in [5.74, 6) is 0.386. The molecule has 0 bridgehead atoms. The van der Waals surface area contributed by atoms with E-state index in [-0.39, 0.29) is 10.9 Å². The zero-order chi connectivity index (χ0) is 15.7. The first-order valence-electron chi connectivity index (χ1n) is 8.37. The molecular formula is C18H23ClFNO. The minimum atomic E-state index is -0.400. The molecule has 4 heteroatoms. The van der Waals surface area contributed by atoms with E-state index in [1.165, 1.54) is 37.5 Å². The molecule has 0 atom stereocenters. The summed E-state index contributed by atoms with van der Waals surface area (Å²) in [6.45, 7) is 2.24. The third-order valence-electron chi connectivity index (χ3n) is 5.12. The lowest BCUT2D eigenvalue weighted by atomic mass is 9.83. The molecule has 22 heavy (non-hydrogen) atoms. The molecule has 1 aromatic carbocycles. The zero-order valence-electron chi connectivity index (χ0n) is 13.0. The summed E-state index contributed by atoms with van der Waals surface area (Å²) < 4.78 is 13.2. The minimum Gasteiger partial charge on any atom is -0.333 e. The predicted octanol–water partition coefficient (Wildman–Crippen LogP) is 5.05. The molecule has 0 aromatic heterocycles. The van der Waals surface area contributed by atoms with Crippen LogP contribution in [0.1, 0.15) is 62.2 Å². The quantitative estimate of drug-likeness (QED) is 0.759. The fourth-order valence-corrected chi connectivity index (χ4v) is 3.86. The number of halogens is 2. The van der Waals surface area contributed by atoms with Crippen LogP contribution in [0, 0.1) is 11.7 Å². The highest BCUT2D eigenvalue weighted by Crippen LogP contribution is 2.37. The van der Waals surface area contributed by atoms with Crippen LogP contribution in [0.4, 0.5) is 4.39 Å². The van der Waals surface area contributed by atoms with Gasteiger partial charge in [0.15, 0.2) is 0 Å². The van der Waals surface area contributed by atoms with Gasteiger partial charge in [0.2, 0.25) is 0 Å². The monoisotopic (exact) mass is 323 g/mol. The molecule has 2 saturated carbocycles. The molecule has 120 valence electrons. The number of hydrogen-bond donors (Lipinski definition) is 0. The minimum absolute atomic E-state index is 0.0209. The van der Waals surface area contributed by atoms with Gasteiger partial charge in [-0.15, -0.1) is 0 Å². The molecule has 2 aliphatic rings. The van der Waals surface area contributed by atoms with E-state index in [4.69, 9.17) is 11.6 Å². The zero-order valence-corrected chi connectivity index (χ0v) is 13.8. The van der Waals surface area contributed by atoms with E-state index in [0.717, 1.165) is 31.6 Å². The molecular weight excluding hydrogens is 301 g/mol. The second kappa shape index (κ2) is 6.57. The van der Waals surface area contributed by atoms with Crippen molar-refractivity contribution in [1.82, 2.24) is 4.90 Å². The lowest BCUT2D eigenvalue weighted by molar-refractivity contribution is 0.0587. The summed E-state index contributed by atoms with van der Waals surface area (Å²) in [5, 5.41) is 0.220. The number of nitrogens with zero attached hydrogens (tertiary/aromatic N) is 1. The van der Waals surface area contributed by atoms with Crippen LogP contribution in [0.5, 0.6) is 0 Å². The first-order valence-corrected chi connectivity index (χ1v) is 8.75. The van der Waals surface area contributed by atoms with Crippen LogP contribution in [-0.4, -0.2) is 22.9 Å². The first-order chi connectivity index (χ1) is 10.6. The Morgan fingerprint density at radius 2 is 1.77 bits per heavy atom. The molecule has 0 unspecified atom stereocenters. The van der Waals surface area contributed by atoms with E-state index < -0.39 is 5.82 Å². The van der Waals surface area contributed by atoms with Crippen molar-refractivity contribution in [1.29, 1.82) is 0 Å². The number of rotatable bonds is 4. The molecule has 1 amide bonds. The third kappa shape index (κ3) is 3.29. The summed E-state index contributed by atoms with van der Waals surface area (Å²) in [6.07, 6.45) is 7.97. The molecule has 0 aliphatic heterocycles. The number of carbonyl (C=O) groups is 1. The van der Waals surface area contributed by atoms with Gasteiger partial charge >= 0.3 is 0 Å². The van der Waals surface area contributed by atoms with Gasteiger partial charge < -0.3 is 4.90 Å². The fraction of sp³-hybridized carbons (Fsp3) is 0.611. The fourth-order valence-electron chi connectivity index (χ4n) is 3.62. The molecule has 0 spiro atoms. The van der Waals surface area contributed by atoms with Gasteiger partial charge in [0.25, 0.3) is 5.91 Å². The van der Waals surface area contributed by atoms with Gasteiger partial charge in [-0.2, -0.15) is 0 Å². The van der Waals surface area contributed by atoms with Crippen molar-refractivity contribution in [2.24, 2.45) is 5.92 Å². The summed E-state index contributed by atoms with van der Waals surface area (Å²) in [6, 6.07) is 4.75. The van der Waals surface area contributed by atoms with E-state index >= 15 is 0 Å². The van der Waals surface area contributed by atoms with E-state index in [9.17, 15) is 9.18 Å². The Morgan fingerprint density at radius 3 is 2.27 bits per heavy atom. The van der Waals surface area contributed by atoms with Crippen LogP contribution in [-0.2, 0) is 0 Å². The average Bonchev–Trinajstić information content (AvgIpc) is 3.33. The van der Waals surface area contributed by atoms with Crippen molar-refractivity contribution in [3.05, 3.63) is 34.6 Å². The number of hydrogen-bond acceptors (Lipinski definition) is 1. The Morgan fingerprint density at radius 1 is 1.18 bits per heavy atom. The Hall–Kier alpha value is -1.09. The average molecular weight is 324 g/mol. The molecule has 3 rings (SSSR count). The maximum absolute atomic E-state index is 13.2. The van der Waals surface area contributed by atoms with Gasteiger partial charge in [-0.3, -0.25) is 4.79 Å². The van der Waals surface area contributed by atoms with Crippen molar-refractivity contribution >= 4 is 17.5 Å². The lowest BCUT2D eigenvalue weighted by Crippen LogP contribution is -2.44. The van der Waals surface area contributed by atoms with Crippen molar-refractivity contribution in [2.75, 3.05) is 0 Å². The number of amides is 1. The summed E-state index contributed by atoms with van der Waals surface area (Å²) >= 11 is 6.09. The van der Waals surface area contributed by atoms with Gasteiger partial charge in [-0.1, -0.05) is 24.9 Å². The van der Waals surface area contributed by atoms with Crippen molar-refractivity contribution in [3.63, 3.8) is 0 Å². The Bertz CT molecular complexity index is 550. The number of benzene rings is 1. The van der Waals surface area contributed by atoms with Crippen LogP contribution in [0.2, 0.25) is 5.02 Å². The van der Waals surface area contributed by atoms with Crippen molar-refractivity contribution in [3.8, 4) is 0 Å². The third-order valence-corrected chi connectivity index (χ3v) is 5.44. The van der Waals surface area contributed by atoms with Crippen LogP contribution in [0.15, 0.2) is 18.2 Å².